The molecule has 0 saturated heterocycles. The first-order chi connectivity index (χ1) is 12.7. The number of nitrogens with zero attached hydrogens (tertiary/aromatic N) is 2. The van der Waals surface area contributed by atoms with E-state index in [1.807, 2.05) is 18.2 Å². The lowest BCUT2D eigenvalue weighted by Gasteiger charge is -2.12. The zero-order valence-corrected chi connectivity index (χ0v) is 15.0. The van der Waals surface area contributed by atoms with E-state index in [9.17, 15) is 0 Å². The summed E-state index contributed by atoms with van der Waals surface area (Å²) in [6, 6.07) is 27.2. The first-order valence-electron chi connectivity index (χ1n) is 8.77. The summed E-state index contributed by atoms with van der Waals surface area (Å²) in [5.74, 6) is 0. The van der Waals surface area contributed by atoms with E-state index in [0.29, 0.717) is 0 Å². The summed E-state index contributed by atoms with van der Waals surface area (Å²) >= 11 is 0. The zero-order valence-electron chi connectivity index (χ0n) is 15.0. The summed E-state index contributed by atoms with van der Waals surface area (Å²) in [6.07, 6.45) is 1.80. The van der Waals surface area contributed by atoms with Crippen LogP contribution in [0.3, 0.4) is 0 Å². The highest BCUT2D eigenvalue weighted by Gasteiger charge is 2.12. The Labute approximate surface area is 154 Å². The molecule has 2 nitrogen and oxygen atoms in total. The maximum absolute atomic E-state index is 5.00. The van der Waals surface area contributed by atoms with Crippen molar-refractivity contribution in [2.75, 3.05) is 0 Å². The first kappa shape index (κ1) is 16.2. The molecule has 26 heavy (non-hydrogen) atoms. The fourth-order valence-electron chi connectivity index (χ4n) is 3.17. The van der Waals surface area contributed by atoms with Crippen LogP contribution in [0.4, 0.5) is 0 Å². The van der Waals surface area contributed by atoms with Crippen LogP contribution in [-0.4, -0.2) is 9.97 Å². The van der Waals surface area contributed by atoms with Gasteiger partial charge in [-0.25, -0.2) is 4.98 Å². The lowest BCUT2D eigenvalue weighted by Crippen LogP contribution is -1.94. The molecule has 0 bridgehead atoms. The maximum atomic E-state index is 5.00. The van der Waals surface area contributed by atoms with E-state index in [0.717, 1.165) is 28.2 Å². The van der Waals surface area contributed by atoms with Crippen molar-refractivity contribution in [1.29, 1.82) is 0 Å². The van der Waals surface area contributed by atoms with Gasteiger partial charge in [-0.3, -0.25) is 4.98 Å². The molecule has 0 amide bonds. The van der Waals surface area contributed by atoms with Crippen LogP contribution in [0.15, 0.2) is 85.1 Å². The number of hydrogen-bond acceptors (Lipinski definition) is 2. The minimum Gasteiger partial charge on any atom is -0.255 e. The zero-order chi connectivity index (χ0) is 17.9. The van der Waals surface area contributed by atoms with Crippen molar-refractivity contribution in [2.24, 2.45) is 0 Å². The van der Waals surface area contributed by atoms with Gasteiger partial charge in [0.2, 0.25) is 0 Å². The number of aromatic nitrogens is 2. The number of rotatable bonds is 3. The van der Waals surface area contributed by atoms with Crippen LogP contribution in [0.25, 0.3) is 33.8 Å². The Morgan fingerprint density at radius 3 is 2.04 bits per heavy atom. The second kappa shape index (κ2) is 6.93. The summed E-state index contributed by atoms with van der Waals surface area (Å²) in [4.78, 5) is 9.45. The van der Waals surface area contributed by atoms with E-state index in [1.165, 1.54) is 16.7 Å². The SMILES string of the molecule is Cc1cccc(-c2ccc(-c3ccccn3)nc2-c2cccc(C)c2)c1. The maximum Gasteiger partial charge on any atom is 0.0894 e. The summed E-state index contributed by atoms with van der Waals surface area (Å²) < 4.78 is 0. The molecule has 0 spiro atoms. The predicted octanol–water partition coefficient (Wildman–Crippen LogP) is 6.09. The molecule has 4 aromatic rings. The molecule has 0 atom stereocenters. The normalized spacial score (nSPS) is 10.7. The predicted molar refractivity (Wildman–Crippen MR) is 108 cm³/mol. The molecule has 0 aliphatic rings. The van der Waals surface area contributed by atoms with Crippen molar-refractivity contribution in [2.45, 2.75) is 13.8 Å². The van der Waals surface area contributed by atoms with Crippen molar-refractivity contribution in [3.63, 3.8) is 0 Å². The third-order valence-electron chi connectivity index (χ3n) is 4.44. The topological polar surface area (TPSA) is 25.8 Å². The fourth-order valence-corrected chi connectivity index (χ4v) is 3.17. The van der Waals surface area contributed by atoms with E-state index in [2.05, 4.69) is 79.5 Å². The smallest absolute Gasteiger partial charge is 0.0894 e. The van der Waals surface area contributed by atoms with Crippen LogP contribution in [0.5, 0.6) is 0 Å². The van der Waals surface area contributed by atoms with Crippen molar-refractivity contribution in [1.82, 2.24) is 9.97 Å². The Morgan fingerprint density at radius 2 is 1.35 bits per heavy atom. The van der Waals surface area contributed by atoms with Crippen LogP contribution >= 0.6 is 0 Å². The molecule has 4 rings (SSSR count). The van der Waals surface area contributed by atoms with Gasteiger partial charge in [-0.15, -0.1) is 0 Å². The Morgan fingerprint density at radius 1 is 0.615 bits per heavy atom. The van der Waals surface area contributed by atoms with Crippen LogP contribution in [0.1, 0.15) is 11.1 Å². The molecular formula is C24H20N2. The largest absolute Gasteiger partial charge is 0.255 e. The van der Waals surface area contributed by atoms with Gasteiger partial charge in [-0.05, 0) is 49.7 Å². The van der Waals surface area contributed by atoms with Crippen LogP contribution in [0, 0.1) is 13.8 Å². The molecule has 2 aromatic heterocycles. The van der Waals surface area contributed by atoms with Crippen molar-refractivity contribution >= 4 is 0 Å². The van der Waals surface area contributed by atoms with E-state index in [4.69, 9.17) is 4.98 Å². The molecule has 0 saturated carbocycles. The quantitative estimate of drug-likeness (QED) is 0.452. The molecule has 2 aromatic carbocycles. The Hall–Kier alpha value is -3.26. The Balaban J connectivity index is 1.94. The number of hydrogen-bond donors (Lipinski definition) is 0. The van der Waals surface area contributed by atoms with Gasteiger partial charge >= 0.3 is 0 Å². The summed E-state index contributed by atoms with van der Waals surface area (Å²) in [5.41, 5.74) is 8.67. The highest BCUT2D eigenvalue weighted by atomic mass is 14.8. The van der Waals surface area contributed by atoms with Crippen LogP contribution in [-0.2, 0) is 0 Å². The summed E-state index contributed by atoms with van der Waals surface area (Å²) in [5, 5.41) is 0. The molecule has 0 N–H and O–H groups in total. The summed E-state index contributed by atoms with van der Waals surface area (Å²) in [7, 11) is 0. The number of pyridine rings is 2. The lowest BCUT2D eigenvalue weighted by atomic mass is 9.96. The van der Waals surface area contributed by atoms with E-state index in [1.54, 1.807) is 6.20 Å². The van der Waals surface area contributed by atoms with Gasteiger partial charge in [-0.2, -0.15) is 0 Å². The molecule has 0 unspecified atom stereocenters. The molecule has 2 heterocycles. The molecule has 2 heteroatoms. The molecule has 0 radical (unpaired) electrons. The van der Waals surface area contributed by atoms with Gasteiger partial charge < -0.3 is 0 Å². The Bertz CT molecular complexity index is 1050. The molecular weight excluding hydrogens is 316 g/mol. The van der Waals surface area contributed by atoms with E-state index >= 15 is 0 Å². The third-order valence-corrected chi connectivity index (χ3v) is 4.44. The van der Waals surface area contributed by atoms with Gasteiger partial charge in [0.15, 0.2) is 0 Å². The first-order valence-corrected chi connectivity index (χ1v) is 8.77. The van der Waals surface area contributed by atoms with Crippen LogP contribution < -0.4 is 0 Å². The highest BCUT2D eigenvalue weighted by Crippen LogP contribution is 2.33. The van der Waals surface area contributed by atoms with Gasteiger partial charge in [-0.1, -0.05) is 59.7 Å². The van der Waals surface area contributed by atoms with Gasteiger partial charge in [0.05, 0.1) is 17.1 Å². The Kier molecular flexibility index (Phi) is 4.32. The molecule has 0 aliphatic heterocycles. The standard InChI is InChI=1S/C24H20N2/c1-17-7-5-9-19(15-17)21-12-13-23(22-11-3-4-14-25-22)26-24(21)20-10-6-8-18(2)16-20/h3-16H,1-2H3. The number of aryl methyl sites for hydroxylation is 2. The average molecular weight is 336 g/mol. The number of benzene rings is 2. The monoisotopic (exact) mass is 336 g/mol. The molecule has 0 aliphatic carbocycles. The van der Waals surface area contributed by atoms with E-state index in [-0.39, 0.29) is 0 Å². The third kappa shape index (κ3) is 3.27. The van der Waals surface area contributed by atoms with Gasteiger partial charge in [0.1, 0.15) is 0 Å². The highest BCUT2D eigenvalue weighted by molar-refractivity contribution is 5.82. The van der Waals surface area contributed by atoms with Crippen molar-refractivity contribution in [3.8, 4) is 33.8 Å². The van der Waals surface area contributed by atoms with Gasteiger partial charge in [0, 0.05) is 17.3 Å². The molecule has 0 fully saturated rings. The average Bonchev–Trinajstić information content (AvgIpc) is 2.68. The van der Waals surface area contributed by atoms with Crippen molar-refractivity contribution in [3.05, 3.63) is 96.2 Å². The second-order valence-electron chi connectivity index (χ2n) is 6.55. The van der Waals surface area contributed by atoms with E-state index < -0.39 is 0 Å². The summed E-state index contributed by atoms with van der Waals surface area (Å²) in [6.45, 7) is 4.23. The lowest BCUT2D eigenvalue weighted by molar-refractivity contribution is 1.25. The van der Waals surface area contributed by atoms with Crippen LogP contribution in [0.2, 0.25) is 0 Å². The minimum absolute atomic E-state index is 0.886. The second-order valence-corrected chi connectivity index (χ2v) is 6.55. The fraction of sp³-hybridized carbons (Fsp3) is 0.0833. The molecule has 126 valence electrons. The van der Waals surface area contributed by atoms with Gasteiger partial charge in [0.25, 0.3) is 0 Å². The minimum atomic E-state index is 0.886. The van der Waals surface area contributed by atoms with Crippen molar-refractivity contribution < 1.29 is 0 Å².